The van der Waals surface area contributed by atoms with Gasteiger partial charge in [0.25, 0.3) is 0 Å². The molecule has 4 rings (SSSR count). The van der Waals surface area contributed by atoms with Gasteiger partial charge in [-0.3, -0.25) is 14.4 Å². The van der Waals surface area contributed by atoms with Crippen LogP contribution in [0.3, 0.4) is 0 Å². The zero-order valence-electron chi connectivity index (χ0n) is 15.7. The average molecular weight is 381 g/mol. The van der Waals surface area contributed by atoms with E-state index < -0.39 is 11.9 Å². The molecule has 1 fully saturated rings. The standard InChI is InChI=1S/C22H23NO5/c24-20(17-8-7-15-4-1-2-5-16(15)10-17)14-28-22(26)18-11-21(25)23(12-18)13-19-6-3-9-27-19/h3,6-10,18H,1-2,4-5,11-14H2/t18-/m0/s1. The van der Waals surface area contributed by atoms with E-state index >= 15 is 0 Å². The van der Waals surface area contributed by atoms with Gasteiger partial charge in [0, 0.05) is 18.5 Å². The third-order valence-electron chi connectivity index (χ3n) is 5.49. The highest BCUT2D eigenvalue weighted by Gasteiger charge is 2.36. The number of carbonyl (C=O) groups is 3. The highest BCUT2D eigenvalue weighted by molar-refractivity contribution is 5.98. The minimum Gasteiger partial charge on any atom is -0.467 e. The van der Waals surface area contributed by atoms with Gasteiger partial charge in [-0.25, -0.2) is 0 Å². The summed E-state index contributed by atoms with van der Waals surface area (Å²) < 4.78 is 10.5. The van der Waals surface area contributed by atoms with E-state index in [1.807, 2.05) is 18.2 Å². The molecule has 1 aromatic heterocycles. The molecule has 0 saturated carbocycles. The number of ketones is 1. The summed E-state index contributed by atoms with van der Waals surface area (Å²) in [6.45, 7) is 0.329. The molecule has 6 nitrogen and oxygen atoms in total. The second-order valence-electron chi connectivity index (χ2n) is 7.48. The number of amides is 1. The van der Waals surface area contributed by atoms with Gasteiger partial charge in [-0.05, 0) is 55.0 Å². The van der Waals surface area contributed by atoms with Crippen LogP contribution in [0.25, 0.3) is 0 Å². The fourth-order valence-electron chi connectivity index (χ4n) is 3.92. The number of hydrogen-bond acceptors (Lipinski definition) is 5. The van der Waals surface area contributed by atoms with Crippen LogP contribution in [-0.2, 0) is 33.7 Å². The van der Waals surface area contributed by atoms with Crippen molar-refractivity contribution < 1.29 is 23.5 Å². The van der Waals surface area contributed by atoms with Crippen molar-refractivity contribution in [3.05, 3.63) is 59.0 Å². The maximum atomic E-state index is 12.4. The molecule has 2 aromatic rings. The van der Waals surface area contributed by atoms with Crippen LogP contribution in [0, 0.1) is 5.92 Å². The molecule has 0 unspecified atom stereocenters. The molecule has 0 N–H and O–H groups in total. The molecule has 2 heterocycles. The summed E-state index contributed by atoms with van der Waals surface area (Å²) in [5.41, 5.74) is 3.11. The van der Waals surface area contributed by atoms with E-state index in [0.717, 1.165) is 19.3 Å². The molecular weight excluding hydrogens is 358 g/mol. The summed E-state index contributed by atoms with van der Waals surface area (Å²) in [5, 5.41) is 0. The number of furan rings is 1. The molecule has 1 aliphatic heterocycles. The topological polar surface area (TPSA) is 76.8 Å². The lowest BCUT2D eigenvalue weighted by Crippen LogP contribution is -2.27. The van der Waals surface area contributed by atoms with Gasteiger partial charge in [-0.1, -0.05) is 12.1 Å². The number of hydrogen-bond donors (Lipinski definition) is 0. The Morgan fingerprint density at radius 2 is 1.96 bits per heavy atom. The first-order valence-electron chi connectivity index (χ1n) is 9.72. The monoisotopic (exact) mass is 381 g/mol. The summed E-state index contributed by atoms with van der Waals surface area (Å²) in [7, 11) is 0. The van der Waals surface area contributed by atoms with Crippen LogP contribution in [0.5, 0.6) is 0 Å². The number of ether oxygens (including phenoxy) is 1. The fraction of sp³-hybridized carbons (Fsp3) is 0.409. The van der Waals surface area contributed by atoms with Gasteiger partial charge in [0.2, 0.25) is 5.91 Å². The van der Waals surface area contributed by atoms with Gasteiger partial charge in [0.1, 0.15) is 5.76 Å². The van der Waals surface area contributed by atoms with Crippen molar-refractivity contribution >= 4 is 17.7 Å². The van der Waals surface area contributed by atoms with Gasteiger partial charge in [0.15, 0.2) is 12.4 Å². The highest BCUT2D eigenvalue weighted by atomic mass is 16.5. The minimum atomic E-state index is -0.543. The van der Waals surface area contributed by atoms with Crippen LogP contribution >= 0.6 is 0 Å². The van der Waals surface area contributed by atoms with Crippen LogP contribution in [0.2, 0.25) is 0 Å². The van der Waals surface area contributed by atoms with E-state index in [4.69, 9.17) is 9.15 Å². The number of rotatable bonds is 6. The summed E-state index contributed by atoms with van der Waals surface area (Å²) in [5.74, 6) is -0.691. The van der Waals surface area contributed by atoms with Crippen molar-refractivity contribution in [1.82, 2.24) is 4.90 Å². The number of likely N-dealkylation sites (tertiary alicyclic amines) is 1. The van der Waals surface area contributed by atoms with E-state index in [1.54, 1.807) is 23.3 Å². The van der Waals surface area contributed by atoms with Gasteiger partial charge >= 0.3 is 5.97 Å². The number of Topliss-reactive ketones (excluding diaryl/α,β-unsaturated/α-hetero) is 1. The van der Waals surface area contributed by atoms with Gasteiger partial charge in [0.05, 0.1) is 18.7 Å². The third-order valence-corrected chi connectivity index (χ3v) is 5.49. The van der Waals surface area contributed by atoms with Gasteiger partial charge in [-0.2, -0.15) is 0 Å². The molecule has 1 saturated heterocycles. The Kier molecular flexibility index (Phi) is 5.28. The number of benzene rings is 1. The largest absolute Gasteiger partial charge is 0.467 e. The molecule has 1 atom stereocenters. The number of nitrogens with zero attached hydrogens (tertiary/aromatic N) is 1. The Morgan fingerprint density at radius 3 is 2.75 bits per heavy atom. The molecule has 6 heteroatoms. The molecule has 0 bridgehead atoms. The molecule has 28 heavy (non-hydrogen) atoms. The number of aryl methyl sites for hydroxylation is 2. The Hall–Kier alpha value is -2.89. The first-order valence-corrected chi connectivity index (χ1v) is 9.72. The molecular formula is C22H23NO5. The van der Waals surface area contributed by atoms with Crippen molar-refractivity contribution in [1.29, 1.82) is 0 Å². The predicted octanol–water partition coefficient (Wildman–Crippen LogP) is 2.93. The first kappa shape index (κ1) is 18.5. The molecule has 1 aliphatic carbocycles. The van der Waals surface area contributed by atoms with Crippen molar-refractivity contribution in [2.24, 2.45) is 5.92 Å². The normalized spacial score (nSPS) is 18.8. The lowest BCUT2D eigenvalue weighted by Gasteiger charge is -2.16. The lowest BCUT2D eigenvalue weighted by molar-refractivity contribution is -0.147. The molecule has 1 amide bonds. The number of fused-ring (bicyclic) bond motifs is 1. The Balaban J connectivity index is 1.30. The maximum absolute atomic E-state index is 12.4. The summed E-state index contributed by atoms with van der Waals surface area (Å²) >= 11 is 0. The highest BCUT2D eigenvalue weighted by Crippen LogP contribution is 2.23. The number of esters is 1. The van der Waals surface area contributed by atoms with E-state index in [-0.39, 0.29) is 31.3 Å². The first-order chi connectivity index (χ1) is 13.6. The Bertz CT molecular complexity index is 886. The second-order valence-corrected chi connectivity index (χ2v) is 7.48. The smallest absolute Gasteiger partial charge is 0.311 e. The fourth-order valence-corrected chi connectivity index (χ4v) is 3.92. The third kappa shape index (κ3) is 4.01. The van der Waals surface area contributed by atoms with Crippen LogP contribution < -0.4 is 0 Å². The Morgan fingerprint density at radius 1 is 1.14 bits per heavy atom. The zero-order chi connectivity index (χ0) is 19.5. The maximum Gasteiger partial charge on any atom is 0.311 e. The molecule has 0 radical (unpaired) electrons. The lowest BCUT2D eigenvalue weighted by atomic mass is 9.90. The van der Waals surface area contributed by atoms with Crippen molar-refractivity contribution in [3.63, 3.8) is 0 Å². The summed E-state index contributed by atoms with van der Waals surface area (Å²) in [4.78, 5) is 38.5. The van der Waals surface area contributed by atoms with Gasteiger partial charge < -0.3 is 14.1 Å². The average Bonchev–Trinajstić information content (AvgIpc) is 3.36. The van der Waals surface area contributed by atoms with Crippen LogP contribution in [0.15, 0.2) is 41.0 Å². The van der Waals surface area contributed by atoms with Crippen molar-refractivity contribution in [2.75, 3.05) is 13.2 Å². The summed E-state index contributed by atoms with van der Waals surface area (Å²) in [6, 6.07) is 9.29. The molecule has 2 aliphatic rings. The van der Waals surface area contributed by atoms with E-state index in [2.05, 4.69) is 0 Å². The zero-order valence-corrected chi connectivity index (χ0v) is 15.7. The van der Waals surface area contributed by atoms with E-state index in [0.29, 0.717) is 17.9 Å². The minimum absolute atomic E-state index is 0.104. The SMILES string of the molecule is O=C(COC(=O)[C@H]1CC(=O)N(Cc2ccco2)C1)c1ccc2c(c1)CCCC2. The summed E-state index contributed by atoms with van der Waals surface area (Å²) in [6.07, 6.45) is 6.04. The predicted molar refractivity (Wildman–Crippen MR) is 101 cm³/mol. The molecule has 146 valence electrons. The quantitative estimate of drug-likeness (QED) is 0.568. The van der Waals surface area contributed by atoms with Crippen LogP contribution in [0.4, 0.5) is 0 Å². The molecule has 1 aromatic carbocycles. The molecule has 0 spiro atoms. The van der Waals surface area contributed by atoms with Crippen molar-refractivity contribution in [3.8, 4) is 0 Å². The Labute approximate surface area is 163 Å². The van der Waals surface area contributed by atoms with Gasteiger partial charge in [-0.15, -0.1) is 0 Å². The number of carbonyl (C=O) groups excluding carboxylic acids is 3. The van der Waals surface area contributed by atoms with Crippen molar-refractivity contribution in [2.45, 2.75) is 38.6 Å². The van der Waals surface area contributed by atoms with E-state index in [9.17, 15) is 14.4 Å². The van der Waals surface area contributed by atoms with E-state index in [1.165, 1.54) is 17.5 Å². The van der Waals surface area contributed by atoms with Crippen LogP contribution in [-0.4, -0.2) is 35.7 Å². The second kappa shape index (κ2) is 8.00. The van der Waals surface area contributed by atoms with Crippen LogP contribution in [0.1, 0.15) is 46.5 Å².